The van der Waals surface area contributed by atoms with Gasteiger partial charge < -0.3 is 45.4 Å². The van der Waals surface area contributed by atoms with E-state index in [-0.39, 0.29) is 54.3 Å². The van der Waals surface area contributed by atoms with Gasteiger partial charge in [-0.05, 0) is 42.8 Å². The lowest BCUT2D eigenvalue weighted by Gasteiger charge is -2.36. The minimum atomic E-state index is -1.17. The zero-order valence-corrected chi connectivity index (χ0v) is 36.7. The van der Waals surface area contributed by atoms with Crippen molar-refractivity contribution in [3.8, 4) is 0 Å². The number of amides is 3. The molecule has 4 aliphatic rings. The first-order valence-corrected chi connectivity index (χ1v) is 23.2. The van der Waals surface area contributed by atoms with Crippen molar-refractivity contribution in [3.05, 3.63) is 48.0 Å². The molecule has 0 spiro atoms. The number of piperazine rings is 2. The quantitative estimate of drug-likeness (QED) is 0.178. The Morgan fingerprint density at radius 3 is 1.80 bits per heavy atom. The molecule has 4 heterocycles. The number of thiocarbonyl (C=S) groups is 1. The number of benzene rings is 2. The maximum atomic E-state index is 14.9. The third-order valence-corrected chi connectivity index (χ3v) is 13.0. The van der Waals surface area contributed by atoms with Gasteiger partial charge in [-0.3, -0.25) is 23.6 Å². The normalized spacial score (nSPS) is 19.7. The van der Waals surface area contributed by atoms with Gasteiger partial charge in [0.1, 0.15) is 35.3 Å². The van der Waals surface area contributed by atoms with Gasteiger partial charge in [-0.2, -0.15) is 0 Å². The predicted molar refractivity (Wildman–Crippen MR) is 239 cm³/mol. The van der Waals surface area contributed by atoms with E-state index in [2.05, 4.69) is 9.26 Å². The molecule has 2 unspecified atom stereocenters. The Balaban J connectivity index is 0.000000310. The van der Waals surface area contributed by atoms with Crippen LogP contribution >= 0.6 is 12.2 Å². The number of rotatable bonds is 12. The Hall–Kier alpha value is -4.51. The number of halogens is 2. The molecule has 6 rings (SSSR count). The summed E-state index contributed by atoms with van der Waals surface area (Å²) in [5.74, 6) is -1.65. The first-order valence-electron chi connectivity index (χ1n) is 19.3. The van der Waals surface area contributed by atoms with E-state index >= 15 is 0 Å². The van der Waals surface area contributed by atoms with Crippen LogP contribution in [0.3, 0.4) is 0 Å². The zero-order valence-electron chi connectivity index (χ0n) is 34.2. The number of anilines is 4. The first kappa shape index (κ1) is 50.8. The van der Waals surface area contributed by atoms with Crippen molar-refractivity contribution in [1.29, 1.82) is 0 Å². The van der Waals surface area contributed by atoms with Crippen LogP contribution < -0.4 is 30.7 Å². The molecule has 0 bridgehead atoms. The summed E-state index contributed by atoms with van der Waals surface area (Å²) < 4.78 is 53.3. The summed E-state index contributed by atoms with van der Waals surface area (Å²) in [6.45, 7) is 7.70. The van der Waals surface area contributed by atoms with E-state index in [0.717, 1.165) is 13.5 Å². The molecule has 0 aromatic heterocycles. The number of hydrogen-bond donors (Lipinski definition) is 4. The fraction of sp³-hybridized carbons (Fsp3) is 0.564. The Kier molecular flexibility index (Phi) is 20.2. The number of aliphatic carboxylic acids is 1. The van der Waals surface area contributed by atoms with Crippen LogP contribution in [-0.2, 0) is 40.6 Å². The van der Waals surface area contributed by atoms with E-state index in [1.807, 2.05) is 23.0 Å². The Bertz CT molecular complexity index is 1930. The van der Waals surface area contributed by atoms with Crippen LogP contribution in [-0.4, -0.2) is 174 Å². The van der Waals surface area contributed by atoms with Crippen molar-refractivity contribution in [1.82, 2.24) is 10.2 Å². The molecule has 2 aromatic rings. The number of carbonyl (C=O) groups excluding carboxylic acids is 3. The summed E-state index contributed by atoms with van der Waals surface area (Å²) in [5, 5.41) is 19.0. The summed E-state index contributed by atoms with van der Waals surface area (Å²) >= 11 is 5.13. The minimum Gasteiger partial charge on any atom is -0.480 e. The molecule has 4 atom stereocenters. The SMILES string of the molecule is C.CCC(=S)NC[C@H]1CN(c2ccc(N3CC[N+](=S(C)CC(=O)O)CC3)c(F)c2)C(=O)O1.CO.CS(=O)CC(=O)N1CCN(c2ccc(N3C[C@H](CN)OC3=O)cc2F)CC1. The number of nitrogens with one attached hydrogen (secondary N) is 1. The van der Waals surface area contributed by atoms with Gasteiger partial charge >= 0.3 is 18.2 Å². The highest BCUT2D eigenvalue weighted by atomic mass is 32.2. The second-order valence-electron chi connectivity index (χ2n) is 14.0. The number of nitrogens with two attached hydrogens (primary N) is 1. The Morgan fingerprint density at radius 2 is 1.36 bits per heavy atom. The van der Waals surface area contributed by atoms with Crippen LogP contribution in [0.1, 0.15) is 20.8 Å². The largest absolute Gasteiger partial charge is 0.480 e. The zero-order chi connectivity index (χ0) is 44.1. The van der Waals surface area contributed by atoms with Crippen molar-refractivity contribution in [2.45, 2.75) is 33.0 Å². The lowest BCUT2D eigenvalue weighted by Crippen LogP contribution is -2.50. The Morgan fingerprint density at radius 1 is 0.869 bits per heavy atom. The van der Waals surface area contributed by atoms with Crippen LogP contribution in [0.5, 0.6) is 0 Å². The number of aliphatic hydroxyl groups is 1. The monoisotopic (exact) mass is 917 g/mol. The molecule has 4 fully saturated rings. The highest BCUT2D eigenvalue weighted by molar-refractivity contribution is 7.85. The molecule has 3 amide bonds. The number of cyclic esters (lactones) is 2. The number of aliphatic hydroxyl groups excluding tert-OH is 1. The number of carboxylic acid groups (broad SMARTS) is 1. The van der Waals surface area contributed by atoms with Gasteiger partial charge in [0, 0.05) is 73.8 Å². The van der Waals surface area contributed by atoms with Gasteiger partial charge in [0.25, 0.3) is 0 Å². The average molecular weight is 918 g/mol. The van der Waals surface area contributed by atoms with Gasteiger partial charge in [-0.15, -0.1) is 0 Å². The van der Waals surface area contributed by atoms with E-state index in [4.69, 9.17) is 37.6 Å². The molecule has 5 N–H and O–H groups in total. The molecule has 0 radical (unpaired) electrons. The molecule has 4 saturated heterocycles. The molecule has 2 aromatic carbocycles. The number of hydrogen-bond acceptors (Lipinski definition) is 12. The molecular weight excluding hydrogens is 859 g/mol. The van der Waals surface area contributed by atoms with Gasteiger partial charge in [-0.25, -0.2) is 22.3 Å². The smallest absolute Gasteiger partial charge is 0.414 e. The van der Waals surface area contributed by atoms with E-state index in [1.54, 1.807) is 29.2 Å². The van der Waals surface area contributed by atoms with Crippen LogP contribution in [0.2, 0.25) is 0 Å². The van der Waals surface area contributed by atoms with Gasteiger partial charge in [0.05, 0.1) is 60.5 Å². The van der Waals surface area contributed by atoms with E-state index in [1.165, 1.54) is 28.2 Å². The summed E-state index contributed by atoms with van der Waals surface area (Å²) in [6, 6.07) is 9.40. The lowest BCUT2D eigenvalue weighted by molar-refractivity contribution is -0.504. The van der Waals surface area contributed by atoms with Gasteiger partial charge in [0.15, 0.2) is 13.1 Å². The van der Waals surface area contributed by atoms with Crippen molar-refractivity contribution < 1.29 is 55.8 Å². The molecule has 22 heteroatoms. The van der Waals surface area contributed by atoms with Gasteiger partial charge in [-0.1, -0.05) is 26.6 Å². The second kappa shape index (κ2) is 24.2. The highest BCUT2D eigenvalue weighted by Gasteiger charge is 2.34. The summed E-state index contributed by atoms with van der Waals surface area (Å²) in [5.41, 5.74) is 7.31. The fourth-order valence-electron chi connectivity index (χ4n) is 6.86. The number of carboxylic acids is 1. The molecule has 61 heavy (non-hydrogen) atoms. The number of nitrogens with zero attached hydrogens (tertiary/aromatic N) is 6. The number of carbonyl (C=O) groups is 4. The summed E-state index contributed by atoms with van der Waals surface area (Å²) in [6.07, 6.45) is 2.38. The van der Waals surface area contributed by atoms with Crippen LogP contribution in [0.4, 0.5) is 41.1 Å². The minimum absolute atomic E-state index is 0. The Labute approximate surface area is 366 Å². The fourth-order valence-corrected chi connectivity index (χ4v) is 8.80. The highest BCUT2D eigenvalue weighted by Crippen LogP contribution is 2.30. The average Bonchev–Trinajstić information content (AvgIpc) is 3.81. The van der Waals surface area contributed by atoms with Crippen molar-refractivity contribution >= 4 is 85.5 Å². The van der Waals surface area contributed by atoms with Gasteiger partial charge in [0.2, 0.25) is 5.91 Å². The molecule has 340 valence electrons. The van der Waals surface area contributed by atoms with Crippen molar-refractivity contribution in [2.75, 3.05) is 129 Å². The van der Waals surface area contributed by atoms with E-state index in [0.29, 0.717) is 99.7 Å². The summed E-state index contributed by atoms with van der Waals surface area (Å²) in [4.78, 5) is 56.0. The lowest BCUT2D eigenvalue weighted by atomic mass is 10.2. The number of ether oxygens (including phenoxy) is 2. The first-order chi connectivity index (χ1) is 28.7. The maximum absolute atomic E-state index is 14.9. The second-order valence-corrected chi connectivity index (χ2v) is 18.0. The maximum Gasteiger partial charge on any atom is 0.414 e. The molecule has 4 aliphatic heterocycles. The molecular formula is C39H59F2N8O9S3+. The van der Waals surface area contributed by atoms with E-state index < -0.39 is 40.6 Å². The van der Waals surface area contributed by atoms with Crippen LogP contribution in [0.15, 0.2) is 36.4 Å². The van der Waals surface area contributed by atoms with Crippen molar-refractivity contribution in [2.24, 2.45) is 5.73 Å². The summed E-state index contributed by atoms with van der Waals surface area (Å²) in [7, 11) is -0.511. The van der Waals surface area contributed by atoms with Crippen molar-refractivity contribution in [3.63, 3.8) is 0 Å². The third-order valence-electron chi connectivity index (χ3n) is 10.00. The van der Waals surface area contributed by atoms with Crippen LogP contribution in [0.25, 0.3) is 0 Å². The third kappa shape index (κ3) is 14.0. The molecule has 0 aliphatic carbocycles. The van der Waals surface area contributed by atoms with Crippen LogP contribution in [0, 0.1) is 11.6 Å². The standard InChI is InChI=1S/C20H27FN4O4S2.C17H23FN4O4S.CH4O.CH4/c1-3-18(30)22-11-15-12-25(20(28)29-15)14-4-5-17(16(21)10-14)23-6-8-24(9-7-23)31(2)13-19(26)27;1-27(25)11-16(23)21-6-4-20(5-7-21)15-3-2-12(8-14(15)18)22-10-13(9-19)26-17(22)24;1-2;/h4-5,10,15H,3,6-9,11-13H2,1-2H3,(H-,22,26,27,30);2-3,8,13H,4-7,9-11,19H2,1H3;2H,1H3;1H4/p+1/t15-,31?;13-,27?;;/m00../s1. The molecule has 0 saturated carbocycles. The van der Waals surface area contributed by atoms with E-state index in [9.17, 15) is 32.2 Å². The topological polar surface area (TPSA) is 202 Å². The molecule has 17 nitrogen and oxygen atoms in total. The predicted octanol–water partition coefficient (Wildman–Crippen LogP) is 2.21.